The van der Waals surface area contributed by atoms with E-state index in [0.717, 1.165) is 0 Å². The molecule has 18 heavy (non-hydrogen) atoms. The molecule has 0 aromatic rings. The van der Waals surface area contributed by atoms with E-state index in [1.807, 2.05) is 0 Å². The molecular weight excluding hydrogens is 238 g/mol. The van der Waals surface area contributed by atoms with E-state index < -0.39 is 23.6 Å². The van der Waals surface area contributed by atoms with E-state index in [-0.39, 0.29) is 12.3 Å². The zero-order valence-electron chi connectivity index (χ0n) is 11.4. The summed E-state index contributed by atoms with van der Waals surface area (Å²) < 4.78 is 0. The molecule has 7 heteroatoms. The molecule has 104 valence electrons. The van der Waals surface area contributed by atoms with Crippen molar-refractivity contribution in [2.45, 2.75) is 38.8 Å². The molecule has 0 spiro atoms. The van der Waals surface area contributed by atoms with Crippen LogP contribution in [0.2, 0.25) is 0 Å². The fraction of sp³-hybridized carbons (Fsp3) is 0.727. The fourth-order valence-corrected chi connectivity index (χ4v) is 1.41. The average Bonchev–Trinajstić information content (AvgIpc) is 2.12. The normalized spacial score (nSPS) is 12.5. The zero-order chi connectivity index (χ0) is 14.5. The van der Waals surface area contributed by atoms with Crippen molar-refractivity contribution in [3.05, 3.63) is 0 Å². The second-order valence-corrected chi connectivity index (χ2v) is 5.01. The Morgan fingerprint density at radius 3 is 2.17 bits per heavy atom. The van der Waals surface area contributed by atoms with Crippen LogP contribution in [-0.2, 0) is 9.59 Å². The quantitative estimate of drug-likeness (QED) is 0.648. The highest BCUT2D eigenvalue weighted by atomic mass is 16.4. The van der Waals surface area contributed by atoms with Gasteiger partial charge >= 0.3 is 12.0 Å². The third-order valence-electron chi connectivity index (χ3n) is 2.20. The van der Waals surface area contributed by atoms with E-state index in [0.29, 0.717) is 0 Å². The van der Waals surface area contributed by atoms with Crippen LogP contribution in [0.4, 0.5) is 4.79 Å². The number of likely N-dealkylation sites (N-methyl/N-ethyl adjacent to an activating group) is 1. The van der Waals surface area contributed by atoms with Crippen LogP contribution in [0.15, 0.2) is 0 Å². The molecular formula is C11H21N3O4. The molecule has 0 heterocycles. The molecule has 1 unspecified atom stereocenters. The minimum Gasteiger partial charge on any atom is -0.481 e. The molecule has 3 N–H and O–H groups in total. The van der Waals surface area contributed by atoms with E-state index in [2.05, 4.69) is 10.6 Å². The molecule has 0 aliphatic heterocycles. The van der Waals surface area contributed by atoms with Crippen molar-refractivity contribution in [1.82, 2.24) is 15.5 Å². The van der Waals surface area contributed by atoms with Gasteiger partial charge in [-0.2, -0.15) is 0 Å². The number of hydrogen-bond acceptors (Lipinski definition) is 3. The van der Waals surface area contributed by atoms with Crippen LogP contribution in [0, 0.1) is 0 Å². The third-order valence-corrected chi connectivity index (χ3v) is 2.20. The molecule has 1 atom stereocenters. The molecule has 0 radical (unpaired) electrons. The number of carboxylic acids is 1. The molecule has 0 aromatic heterocycles. The summed E-state index contributed by atoms with van der Waals surface area (Å²) in [4.78, 5) is 35.1. The van der Waals surface area contributed by atoms with Crippen LogP contribution in [0.3, 0.4) is 0 Å². The molecule has 0 fully saturated rings. The number of nitrogens with zero attached hydrogens (tertiary/aromatic N) is 1. The van der Waals surface area contributed by atoms with Crippen molar-refractivity contribution >= 4 is 17.9 Å². The van der Waals surface area contributed by atoms with Crippen molar-refractivity contribution in [3.8, 4) is 0 Å². The number of carbonyl (C=O) groups excluding carboxylic acids is 2. The number of carboxylic acid groups (broad SMARTS) is 1. The van der Waals surface area contributed by atoms with E-state index >= 15 is 0 Å². The van der Waals surface area contributed by atoms with Crippen LogP contribution >= 0.6 is 0 Å². The highest BCUT2D eigenvalue weighted by Crippen LogP contribution is 2.07. The molecule has 0 rings (SSSR count). The Morgan fingerprint density at radius 1 is 1.28 bits per heavy atom. The Balaban J connectivity index is 4.35. The van der Waals surface area contributed by atoms with Gasteiger partial charge in [-0.15, -0.1) is 0 Å². The second-order valence-electron chi connectivity index (χ2n) is 5.01. The van der Waals surface area contributed by atoms with Gasteiger partial charge in [0.2, 0.25) is 5.91 Å². The molecule has 0 saturated heterocycles. The van der Waals surface area contributed by atoms with E-state index in [1.165, 1.54) is 4.90 Å². The number of aliphatic carboxylic acids is 1. The Hall–Kier alpha value is -1.79. The predicted octanol–water partition coefficient (Wildman–Crippen LogP) is 0.0156. The number of carbonyl (C=O) groups is 3. The predicted molar refractivity (Wildman–Crippen MR) is 66.2 cm³/mol. The van der Waals surface area contributed by atoms with E-state index in [1.54, 1.807) is 34.9 Å². The van der Waals surface area contributed by atoms with Crippen LogP contribution in [0.5, 0.6) is 0 Å². The maximum absolute atomic E-state index is 11.6. The van der Waals surface area contributed by atoms with E-state index in [9.17, 15) is 14.4 Å². The largest absolute Gasteiger partial charge is 0.481 e. The first kappa shape index (κ1) is 16.2. The summed E-state index contributed by atoms with van der Waals surface area (Å²) in [7, 11) is 3.18. The van der Waals surface area contributed by atoms with Gasteiger partial charge in [-0.3, -0.25) is 9.59 Å². The summed E-state index contributed by atoms with van der Waals surface area (Å²) in [5, 5.41) is 13.6. The lowest BCUT2D eigenvalue weighted by molar-refractivity contribution is -0.138. The number of hydrogen-bond donors (Lipinski definition) is 3. The number of rotatable bonds is 5. The lowest BCUT2D eigenvalue weighted by atomic mass is 10.0. The fourth-order valence-electron chi connectivity index (χ4n) is 1.41. The first-order chi connectivity index (χ1) is 8.05. The molecule has 7 nitrogen and oxygen atoms in total. The third kappa shape index (κ3) is 6.07. The maximum Gasteiger partial charge on any atom is 0.315 e. The highest BCUT2D eigenvalue weighted by molar-refractivity contribution is 5.86. The highest BCUT2D eigenvalue weighted by Gasteiger charge is 2.25. The summed E-state index contributed by atoms with van der Waals surface area (Å²) in [5.74, 6) is -1.24. The van der Waals surface area contributed by atoms with Gasteiger partial charge < -0.3 is 20.6 Å². The smallest absolute Gasteiger partial charge is 0.315 e. The molecule has 0 aromatic carbocycles. The first-order valence-corrected chi connectivity index (χ1v) is 5.57. The maximum atomic E-state index is 11.6. The Morgan fingerprint density at radius 2 is 1.78 bits per heavy atom. The van der Waals surface area contributed by atoms with Gasteiger partial charge in [-0.1, -0.05) is 0 Å². The van der Waals surface area contributed by atoms with Crippen LogP contribution in [-0.4, -0.2) is 53.6 Å². The minimum absolute atomic E-state index is 0.198. The number of urea groups is 1. The Bertz CT molecular complexity index is 339. The van der Waals surface area contributed by atoms with Gasteiger partial charge in [0.1, 0.15) is 6.04 Å². The Labute approximate surface area is 107 Å². The van der Waals surface area contributed by atoms with Crippen molar-refractivity contribution in [1.29, 1.82) is 0 Å². The van der Waals surface area contributed by atoms with Crippen LogP contribution in [0.25, 0.3) is 0 Å². The van der Waals surface area contributed by atoms with Gasteiger partial charge in [0.05, 0.1) is 6.42 Å². The van der Waals surface area contributed by atoms with E-state index in [4.69, 9.17) is 5.11 Å². The minimum atomic E-state index is -1.00. The van der Waals surface area contributed by atoms with Gasteiger partial charge in [-0.05, 0) is 20.8 Å². The van der Waals surface area contributed by atoms with Gasteiger partial charge in [0.25, 0.3) is 0 Å². The molecule has 0 aliphatic carbocycles. The number of amides is 3. The van der Waals surface area contributed by atoms with Crippen LogP contribution in [0.1, 0.15) is 27.2 Å². The van der Waals surface area contributed by atoms with Crippen molar-refractivity contribution in [2.75, 3.05) is 14.1 Å². The second kappa shape index (κ2) is 6.23. The summed E-state index contributed by atoms with van der Waals surface area (Å²) >= 11 is 0. The molecule has 0 aliphatic rings. The van der Waals surface area contributed by atoms with Gasteiger partial charge in [0, 0.05) is 19.6 Å². The molecule has 0 bridgehead atoms. The molecule has 0 saturated carbocycles. The van der Waals surface area contributed by atoms with Gasteiger partial charge in [-0.25, -0.2) is 4.79 Å². The van der Waals surface area contributed by atoms with Gasteiger partial charge in [0.15, 0.2) is 0 Å². The van der Waals surface area contributed by atoms with Crippen molar-refractivity contribution in [3.63, 3.8) is 0 Å². The first-order valence-electron chi connectivity index (χ1n) is 5.57. The lowest BCUT2D eigenvalue weighted by Gasteiger charge is -2.26. The SMILES string of the molecule is CC(NC(=O)NC(C)(C)CC(=O)O)C(=O)N(C)C. The Kier molecular flexibility index (Phi) is 5.61. The average molecular weight is 259 g/mol. The molecule has 3 amide bonds. The standard InChI is InChI=1S/C11H21N3O4/c1-7(9(17)14(4)5)12-10(18)13-11(2,3)6-8(15)16/h7H,6H2,1-5H3,(H,15,16)(H2,12,13,18). The number of nitrogens with one attached hydrogen (secondary N) is 2. The summed E-state index contributed by atoms with van der Waals surface area (Å²) in [6, 6.07) is -1.23. The van der Waals surface area contributed by atoms with Crippen molar-refractivity contribution in [2.24, 2.45) is 0 Å². The summed E-state index contributed by atoms with van der Waals surface area (Å²) in [6.45, 7) is 4.75. The van der Waals surface area contributed by atoms with Crippen LogP contribution < -0.4 is 10.6 Å². The zero-order valence-corrected chi connectivity index (χ0v) is 11.4. The summed E-state index contributed by atoms with van der Waals surface area (Å²) in [5.41, 5.74) is -0.878. The topological polar surface area (TPSA) is 98.7 Å². The van der Waals surface area contributed by atoms with Crippen molar-refractivity contribution < 1.29 is 19.5 Å². The lowest BCUT2D eigenvalue weighted by Crippen LogP contribution is -2.54. The summed E-state index contributed by atoms with van der Waals surface area (Å²) in [6.07, 6.45) is -0.198. The monoisotopic (exact) mass is 259 g/mol.